The van der Waals surface area contributed by atoms with Gasteiger partial charge in [-0.05, 0) is 18.9 Å². The lowest BCUT2D eigenvalue weighted by atomic mass is 10.2. The van der Waals surface area contributed by atoms with Crippen molar-refractivity contribution in [3.63, 3.8) is 0 Å². The van der Waals surface area contributed by atoms with E-state index in [9.17, 15) is 4.39 Å². The van der Waals surface area contributed by atoms with E-state index in [1.165, 1.54) is 18.9 Å². The van der Waals surface area contributed by atoms with Crippen LogP contribution < -0.4 is 21.7 Å². The van der Waals surface area contributed by atoms with E-state index >= 15 is 0 Å². The third kappa shape index (κ3) is 8.23. The topological polar surface area (TPSA) is 119 Å². The average Bonchev–Trinajstić information content (AvgIpc) is 3.28. The Balaban J connectivity index is 1.55. The molecule has 0 radical (unpaired) electrons. The summed E-state index contributed by atoms with van der Waals surface area (Å²) < 4.78 is 24.7. The Morgan fingerprint density at radius 2 is 1.58 bits per heavy atom. The minimum Gasteiger partial charge on any atom is -0.378 e. The van der Waals surface area contributed by atoms with Gasteiger partial charge in [-0.2, -0.15) is 15.0 Å². The van der Waals surface area contributed by atoms with Crippen molar-refractivity contribution in [2.24, 2.45) is 5.73 Å². The van der Waals surface area contributed by atoms with E-state index in [1.54, 1.807) is 18.2 Å². The molecule has 0 unspecified atom stereocenters. The lowest BCUT2D eigenvalue weighted by molar-refractivity contribution is 0.0547. The van der Waals surface area contributed by atoms with Gasteiger partial charge in [0.2, 0.25) is 17.8 Å². The molecular formula is C21H32FN7O2. The Hall–Kier alpha value is -2.56. The van der Waals surface area contributed by atoms with E-state index in [0.717, 1.165) is 12.8 Å². The molecule has 10 heteroatoms. The molecule has 1 saturated carbocycles. The van der Waals surface area contributed by atoms with Gasteiger partial charge in [0.05, 0.1) is 26.4 Å². The van der Waals surface area contributed by atoms with Gasteiger partial charge in [-0.25, -0.2) is 4.39 Å². The van der Waals surface area contributed by atoms with Crippen LogP contribution in [0.5, 0.6) is 0 Å². The van der Waals surface area contributed by atoms with Crippen LogP contribution in [0.3, 0.4) is 0 Å². The Morgan fingerprint density at radius 3 is 2.32 bits per heavy atom. The van der Waals surface area contributed by atoms with Crippen LogP contribution in [-0.2, 0) is 16.0 Å². The number of nitrogens with zero attached hydrogens (tertiary/aromatic N) is 3. The summed E-state index contributed by atoms with van der Waals surface area (Å²) in [7, 11) is 0. The molecule has 0 atom stereocenters. The quantitative estimate of drug-likeness (QED) is 0.333. The van der Waals surface area contributed by atoms with Crippen LogP contribution in [-0.4, -0.2) is 60.5 Å². The van der Waals surface area contributed by atoms with E-state index in [1.807, 2.05) is 0 Å². The SMILES string of the molecule is NCCOCCOCCNc1nc(NCc2ccccc2F)nc(NC2CCCC2)n1. The molecule has 1 aromatic heterocycles. The summed E-state index contributed by atoms with van der Waals surface area (Å²) in [5.41, 5.74) is 5.92. The van der Waals surface area contributed by atoms with Crippen LogP contribution in [0.15, 0.2) is 24.3 Å². The zero-order chi connectivity index (χ0) is 21.7. The number of ether oxygens (including phenoxy) is 2. The van der Waals surface area contributed by atoms with E-state index in [-0.39, 0.29) is 12.4 Å². The summed E-state index contributed by atoms with van der Waals surface area (Å²) in [5.74, 6) is 1.07. The van der Waals surface area contributed by atoms with Crippen LogP contribution in [0.4, 0.5) is 22.2 Å². The van der Waals surface area contributed by atoms with Crippen LogP contribution in [0, 0.1) is 5.82 Å². The third-order valence-corrected chi connectivity index (χ3v) is 4.88. The van der Waals surface area contributed by atoms with Crippen molar-refractivity contribution < 1.29 is 13.9 Å². The van der Waals surface area contributed by atoms with Gasteiger partial charge in [0.25, 0.3) is 0 Å². The maximum atomic E-state index is 13.9. The maximum absolute atomic E-state index is 13.9. The van der Waals surface area contributed by atoms with Gasteiger partial charge in [-0.3, -0.25) is 0 Å². The van der Waals surface area contributed by atoms with E-state index in [0.29, 0.717) is 69.0 Å². The molecule has 3 rings (SSSR count). The first-order valence-corrected chi connectivity index (χ1v) is 10.8. The van der Waals surface area contributed by atoms with Crippen molar-refractivity contribution in [3.05, 3.63) is 35.6 Å². The predicted octanol–water partition coefficient (Wildman–Crippen LogP) is 2.38. The van der Waals surface area contributed by atoms with Crippen molar-refractivity contribution in [2.75, 3.05) is 55.5 Å². The minimum absolute atomic E-state index is 0.265. The van der Waals surface area contributed by atoms with Crippen LogP contribution in [0.1, 0.15) is 31.2 Å². The van der Waals surface area contributed by atoms with Crippen molar-refractivity contribution in [2.45, 2.75) is 38.3 Å². The number of anilines is 3. The van der Waals surface area contributed by atoms with Crippen molar-refractivity contribution in [1.29, 1.82) is 0 Å². The van der Waals surface area contributed by atoms with E-state index in [2.05, 4.69) is 30.9 Å². The molecule has 1 aliphatic rings. The predicted molar refractivity (Wildman–Crippen MR) is 119 cm³/mol. The molecule has 0 bridgehead atoms. The van der Waals surface area contributed by atoms with Crippen molar-refractivity contribution in [3.8, 4) is 0 Å². The van der Waals surface area contributed by atoms with Gasteiger partial charge < -0.3 is 31.2 Å². The smallest absolute Gasteiger partial charge is 0.229 e. The zero-order valence-corrected chi connectivity index (χ0v) is 17.8. The summed E-state index contributed by atoms with van der Waals surface area (Å²) in [6.07, 6.45) is 4.62. The Morgan fingerprint density at radius 1 is 0.903 bits per heavy atom. The molecule has 0 amide bonds. The Kier molecular flexibility index (Phi) is 9.68. The molecule has 5 N–H and O–H groups in total. The highest BCUT2D eigenvalue weighted by Crippen LogP contribution is 2.21. The van der Waals surface area contributed by atoms with Crippen LogP contribution >= 0.6 is 0 Å². The summed E-state index contributed by atoms with van der Waals surface area (Å²) in [4.78, 5) is 13.3. The highest BCUT2D eigenvalue weighted by Gasteiger charge is 2.17. The van der Waals surface area contributed by atoms with Crippen LogP contribution in [0.25, 0.3) is 0 Å². The molecule has 0 aliphatic heterocycles. The van der Waals surface area contributed by atoms with Gasteiger partial charge in [-0.15, -0.1) is 0 Å². The molecule has 0 spiro atoms. The van der Waals surface area contributed by atoms with Gasteiger partial charge in [0.15, 0.2) is 0 Å². The van der Waals surface area contributed by atoms with E-state index in [4.69, 9.17) is 15.2 Å². The molecule has 0 saturated heterocycles. The lowest BCUT2D eigenvalue weighted by Crippen LogP contribution is -2.20. The molecule has 1 heterocycles. The number of nitrogens with one attached hydrogen (secondary N) is 3. The molecule has 1 aliphatic carbocycles. The number of halogens is 1. The van der Waals surface area contributed by atoms with Gasteiger partial charge >= 0.3 is 0 Å². The molecule has 31 heavy (non-hydrogen) atoms. The molecule has 1 fully saturated rings. The number of nitrogens with two attached hydrogens (primary N) is 1. The zero-order valence-electron chi connectivity index (χ0n) is 17.8. The minimum atomic E-state index is -0.265. The number of rotatable bonds is 14. The highest BCUT2D eigenvalue weighted by molar-refractivity contribution is 5.43. The van der Waals surface area contributed by atoms with Crippen molar-refractivity contribution >= 4 is 17.8 Å². The van der Waals surface area contributed by atoms with Crippen molar-refractivity contribution in [1.82, 2.24) is 15.0 Å². The number of aromatic nitrogens is 3. The summed E-state index contributed by atoms with van der Waals surface area (Å²) in [5, 5.41) is 9.64. The summed E-state index contributed by atoms with van der Waals surface area (Å²) in [6, 6.07) is 7.00. The summed E-state index contributed by atoms with van der Waals surface area (Å²) >= 11 is 0. The first kappa shape index (κ1) is 23.1. The number of hydrogen-bond acceptors (Lipinski definition) is 9. The fourth-order valence-corrected chi connectivity index (χ4v) is 3.31. The molecule has 2 aromatic rings. The largest absolute Gasteiger partial charge is 0.378 e. The third-order valence-electron chi connectivity index (χ3n) is 4.88. The Bertz CT molecular complexity index is 790. The first-order chi connectivity index (χ1) is 15.2. The molecule has 1 aromatic carbocycles. The molecule has 9 nitrogen and oxygen atoms in total. The number of benzene rings is 1. The van der Waals surface area contributed by atoms with E-state index < -0.39 is 0 Å². The fourth-order valence-electron chi connectivity index (χ4n) is 3.31. The normalized spacial score (nSPS) is 14.0. The van der Waals surface area contributed by atoms with Crippen LogP contribution in [0.2, 0.25) is 0 Å². The van der Waals surface area contributed by atoms with Gasteiger partial charge in [-0.1, -0.05) is 31.0 Å². The maximum Gasteiger partial charge on any atom is 0.229 e. The fraction of sp³-hybridized carbons (Fsp3) is 0.571. The second kappa shape index (κ2) is 13.0. The second-order valence-electron chi connectivity index (χ2n) is 7.32. The lowest BCUT2D eigenvalue weighted by Gasteiger charge is -2.15. The Labute approximate surface area is 182 Å². The average molecular weight is 434 g/mol. The second-order valence-corrected chi connectivity index (χ2v) is 7.32. The van der Waals surface area contributed by atoms with Gasteiger partial charge in [0.1, 0.15) is 5.82 Å². The standard InChI is InChI=1S/C21H32FN7O2/c22-18-8-4-1-5-16(18)15-25-20-27-19(24-10-12-31-14-13-30-11-9-23)28-21(29-20)26-17-6-2-3-7-17/h1,4-5,8,17H,2-3,6-7,9-15,23H2,(H3,24,25,26,27,28,29). The monoisotopic (exact) mass is 433 g/mol. The summed E-state index contributed by atoms with van der Waals surface area (Å²) in [6.45, 7) is 3.37. The number of hydrogen-bond donors (Lipinski definition) is 4. The molecule has 170 valence electrons. The molecular weight excluding hydrogens is 401 g/mol. The van der Waals surface area contributed by atoms with Gasteiger partial charge in [0, 0.05) is 31.2 Å². The first-order valence-electron chi connectivity index (χ1n) is 10.8. The highest BCUT2D eigenvalue weighted by atomic mass is 19.1.